The Morgan fingerprint density at radius 1 is 1.21 bits per heavy atom. The molecule has 0 saturated carbocycles. The molecule has 0 fully saturated rings. The van der Waals surface area contributed by atoms with Crippen LogP contribution < -0.4 is 0 Å². The molecule has 84 valence electrons. The highest BCUT2D eigenvalue weighted by molar-refractivity contribution is 5.69. The molecule has 0 aromatic rings. The summed E-state index contributed by atoms with van der Waals surface area (Å²) in [6.45, 7) is 6.97. The zero-order valence-corrected chi connectivity index (χ0v) is 9.84. The minimum absolute atomic E-state index is 0.0394. The van der Waals surface area contributed by atoms with Crippen LogP contribution in [0, 0.1) is 5.92 Å². The van der Waals surface area contributed by atoms with Crippen molar-refractivity contribution in [3.8, 4) is 0 Å². The summed E-state index contributed by atoms with van der Waals surface area (Å²) in [7, 11) is 0. The lowest BCUT2D eigenvalue weighted by molar-refractivity contribution is -0.145. The molecular weight excluding hydrogens is 176 g/mol. The summed E-state index contributed by atoms with van der Waals surface area (Å²) in [4.78, 5) is 11.1. The summed E-state index contributed by atoms with van der Waals surface area (Å²) in [6.07, 6.45) is 6.20. The van der Waals surface area contributed by atoms with Crippen molar-refractivity contribution in [2.45, 2.75) is 59.3 Å². The number of hydrogen-bond donors (Lipinski definition) is 0. The van der Waals surface area contributed by atoms with Gasteiger partial charge >= 0.3 is 5.97 Å². The van der Waals surface area contributed by atoms with Crippen LogP contribution in [0.3, 0.4) is 0 Å². The van der Waals surface area contributed by atoms with E-state index in [0.29, 0.717) is 18.9 Å². The van der Waals surface area contributed by atoms with Gasteiger partial charge in [-0.2, -0.15) is 0 Å². The fraction of sp³-hybridized carbons (Fsp3) is 0.917. The molecule has 0 amide bonds. The third-order valence-corrected chi connectivity index (χ3v) is 2.48. The number of rotatable bonds is 8. The van der Waals surface area contributed by atoms with E-state index in [1.165, 1.54) is 19.3 Å². The maximum absolute atomic E-state index is 11.1. The second-order valence-corrected chi connectivity index (χ2v) is 3.85. The third kappa shape index (κ3) is 6.93. The molecule has 0 spiro atoms. The molecule has 14 heavy (non-hydrogen) atoms. The first-order valence-corrected chi connectivity index (χ1v) is 5.90. The van der Waals surface area contributed by atoms with Crippen molar-refractivity contribution >= 4 is 5.97 Å². The molecule has 0 aliphatic rings. The first-order chi connectivity index (χ1) is 6.74. The molecule has 0 aromatic heterocycles. The topological polar surface area (TPSA) is 26.3 Å². The van der Waals surface area contributed by atoms with Crippen LogP contribution in [0.2, 0.25) is 0 Å². The largest absolute Gasteiger partial charge is 0.465 e. The van der Waals surface area contributed by atoms with E-state index >= 15 is 0 Å². The molecule has 1 atom stereocenters. The minimum Gasteiger partial charge on any atom is -0.465 e. The van der Waals surface area contributed by atoms with Crippen LogP contribution >= 0.6 is 0 Å². The monoisotopic (exact) mass is 200 g/mol. The van der Waals surface area contributed by atoms with E-state index in [1.54, 1.807) is 0 Å². The maximum atomic E-state index is 11.1. The van der Waals surface area contributed by atoms with E-state index in [9.17, 15) is 4.79 Å². The van der Waals surface area contributed by atoms with Gasteiger partial charge in [-0.25, -0.2) is 0 Å². The second kappa shape index (κ2) is 9.04. The summed E-state index contributed by atoms with van der Waals surface area (Å²) in [6, 6.07) is 0. The van der Waals surface area contributed by atoms with Crippen LogP contribution in [0.15, 0.2) is 0 Å². The number of esters is 1. The summed E-state index contributed by atoms with van der Waals surface area (Å²) < 4.78 is 5.19. The lowest BCUT2D eigenvalue weighted by Gasteiger charge is -2.14. The molecule has 0 N–H and O–H groups in total. The summed E-state index contributed by atoms with van der Waals surface area (Å²) in [5.41, 5.74) is 0. The molecule has 0 aliphatic carbocycles. The van der Waals surface area contributed by atoms with Gasteiger partial charge in [0.2, 0.25) is 0 Å². The predicted molar refractivity (Wildman–Crippen MR) is 59.2 cm³/mol. The number of ether oxygens (including phenoxy) is 1. The van der Waals surface area contributed by atoms with E-state index < -0.39 is 0 Å². The van der Waals surface area contributed by atoms with Crippen LogP contribution in [0.1, 0.15) is 59.3 Å². The van der Waals surface area contributed by atoms with Crippen molar-refractivity contribution in [3.63, 3.8) is 0 Å². The van der Waals surface area contributed by atoms with Crippen molar-refractivity contribution in [2.24, 2.45) is 5.92 Å². The predicted octanol–water partition coefficient (Wildman–Crippen LogP) is 3.55. The van der Waals surface area contributed by atoms with E-state index in [4.69, 9.17) is 4.74 Å². The summed E-state index contributed by atoms with van der Waals surface area (Å²) in [5, 5.41) is 0. The molecule has 0 aliphatic heterocycles. The van der Waals surface area contributed by atoms with Gasteiger partial charge in [0.1, 0.15) is 0 Å². The van der Waals surface area contributed by atoms with Gasteiger partial charge in [0.25, 0.3) is 0 Å². The Balaban J connectivity index is 3.55. The highest BCUT2D eigenvalue weighted by Gasteiger charge is 2.08. The lowest BCUT2D eigenvalue weighted by Crippen LogP contribution is -2.13. The molecule has 0 aromatic carbocycles. The Labute approximate surface area is 88.0 Å². The molecule has 2 nitrogen and oxygen atoms in total. The van der Waals surface area contributed by atoms with Crippen LogP contribution in [0.25, 0.3) is 0 Å². The Hall–Kier alpha value is -0.530. The van der Waals surface area contributed by atoms with Crippen LogP contribution in [-0.4, -0.2) is 12.6 Å². The van der Waals surface area contributed by atoms with Gasteiger partial charge in [-0.15, -0.1) is 0 Å². The van der Waals surface area contributed by atoms with E-state index in [1.807, 2.05) is 6.92 Å². The van der Waals surface area contributed by atoms with Gasteiger partial charge in [-0.1, -0.05) is 40.0 Å². The first-order valence-electron chi connectivity index (χ1n) is 5.90. The fourth-order valence-electron chi connectivity index (χ4n) is 1.39. The Morgan fingerprint density at radius 2 is 1.93 bits per heavy atom. The zero-order chi connectivity index (χ0) is 10.8. The molecule has 0 rings (SSSR count). The van der Waals surface area contributed by atoms with Gasteiger partial charge in [-0.05, 0) is 18.8 Å². The number of carbonyl (C=O) groups is 1. The Bertz CT molecular complexity index is 143. The van der Waals surface area contributed by atoms with Crippen molar-refractivity contribution in [1.29, 1.82) is 0 Å². The highest BCUT2D eigenvalue weighted by atomic mass is 16.5. The van der Waals surface area contributed by atoms with Crippen LogP contribution in [0.4, 0.5) is 0 Å². The quantitative estimate of drug-likeness (QED) is 0.560. The normalized spacial score (nSPS) is 12.5. The summed E-state index contributed by atoms with van der Waals surface area (Å²) >= 11 is 0. The van der Waals surface area contributed by atoms with Gasteiger partial charge in [-0.3, -0.25) is 4.79 Å². The number of unbranched alkanes of at least 4 members (excludes halogenated alkanes) is 1. The van der Waals surface area contributed by atoms with E-state index in [2.05, 4.69) is 13.8 Å². The molecule has 2 heteroatoms. The SMILES string of the molecule is CCCC[C@@H](CC)COC(=O)CCC. The molecule has 0 radical (unpaired) electrons. The molecule has 0 bridgehead atoms. The van der Waals surface area contributed by atoms with Crippen molar-refractivity contribution in [2.75, 3.05) is 6.61 Å². The van der Waals surface area contributed by atoms with E-state index in [-0.39, 0.29) is 5.97 Å². The zero-order valence-electron chi connectivity index (χ0n) is 9.84. The van der Waals surface area contributed by atoms with Gasteiger partial charge in [0, 0.05) is 6.42 Å². The Kier molecular flexibility index (Phi) is 8.70. The molecule has 0 saturated heterocycles. The third-order valence-electron chi connectivity index (χ3n) is 2.48. The average Bonchev–Trinajstić information content (AvgIpc) is 2.19. The first kappa shape index (κ1) is 13.5. The minimum atomic E-state index is -0.0394. The van der Waals surface area contributed by atoms with Crippen molar-refractivity contribution in [3.05, 3.63) is 0 Å². The van der Waals surface area contributed by atoms with Crippen molar-refractivity contribution in [1.82, 2.24) is 0 Å². The smallest absolute Gasteiger partial charge is 0.305 e. The highest BCUT2D eigenvalue weighted by Crippen LogP contribution is 2.13. The summed E-state index contributed by atoms with van der Waals surface area (Å²) in [5.74, 6) is 0.526. The molecule has 0 unspecified atom stereocenters. The van der Waals surface area contributed by atoms with Crippen LogP contribution in [0.5, 0.6) is 0 Å². The second-order valence-electron chi connectivity index (χ2n) is 3.85. The van der Waals surface area contributed by atoms with Crippen molar-refractivity contribution < 1.29 is 9.53 Å². The van der Waals surface area contributed by atoms with Gasteiger partial charge in [0.15, 0.2) is 0 Å². The van der Waals surface area contributed by atoms with Gasteiger partial charge in [0.05, 0.1) is 6.61 Å². The van der Waals surface area contributed by atoms with E-state index in [0.717, 1.165) is 12.8 Å². The molecular formula is C12H24O2. The van der Waals surface area contributed by atoms with Crippen LogP contribution in [-0.2, 0) is 9.53 Å². The average molecular weight is 200 g/mol. The Morgan fingerprint density at radius 3 is 2.43 bits per heavy atom. The number of hydrogen-bond acceptors (Lipinski definition) is 2. The lowest BCUT2D eigenvalue weighted by atomic mass is 10.0. The standard InChI is InChI=1S/C12H24O2/c1-4-7-9-11(6-3)10-14-12(13)8-5-2/h11H,4-10H2,1-3H3/t11-/m1/s1. The van der Waals surface area contributed by atoms with Gasteiger partial charge < -0.3 is 4.74 Å². The molecule has 0 heterocycles. The maximum Gasteiger partial charge on any atom is 0.305 e. The fourth-order valence-corrected chi connectivity index (χ4v) is 1.39. The number of carbonyl (C=O) groups excluding carboxylic acids is 1.